The lowest BCUT2D eigenvalue weighted by molar-refractivity contribution is -0.140. The summed E-state index contributed by atoms with van der Waals surface area (Å²) >= 11 is 0. The first-order valence-electron chi connectivity index (χ1n) is 5.23. The highest BCUT2D eigenvalue weighted by Crippen LogP contribution is 1.97. The zero-order valence-corrected chi connectivity index (χ0v) is 9.69. The highest BCUT2D eigenvalue weighted by atomic mass is 16.6. The Bertz CT molecular complexity index is 268. The maximum atomic E-state index is 11.3. The van der Waals surface area contributed by atoms with Gasteiger partial charge in [-0.2, -0.15) is 5.26 Å². The van der Waals surface area contributed by atoms with Crippen molar-refractivity contribution < 1.29 is 19.0 Å². The quantitative estimate of drug-likeness (QED) is 0.206. The lowest BCUT2D eigenvalue weighted by Gasteiger charge is -2.04. The van der Waals surface area contributed by atoms with E-state index in [2.05, 4.69) is 0 Å². The van der Waals surface area contributed by atoms with Crippen LogP contribution in [0.4, 0.5) is 0 Å². The summed E-state index contributed by atoms with van der Waals surface area (Å²) in [4.78, 5) is 11.3. The third-order valence-corrected chi connectivity index (χ3v) is 1.52. The topological polar surface area (TPSA) is 68.5 Å². The largest absolute Gasteiger partial charge is 0.500 e. The van der Waals surface area contributed by atoms with Crippen molar-refractivity contribution in [1.29, 1.82) is 5.26 Å². The van der Waals surface area contributed by atoms with Crippen LogP contribution in [0.2, 0.25) is 0 Å². The van der Waals surface area contributed by atoms with Gasteiger partial charge in [0.15, 0.2) is 5.57 Å². The zero-order chi connectivity index (χ0) is 12.2. The van der Waals surface area contributed by atoms with E-state index in [1.165, 1.54) is 0 Å². The van der Waals surface area contributed by atoms with Crippen LogP contribution in [0.5, 0.6) is 0 Å². The maximum Gasteiger partial charge on any atom is 0.352 e. The van der Waals surface area contributed by atoms with Gasteiger partial charge in [-0.3, -0.25) is 0 Å². The van der Waals surface area contributed by atoms with Gasteiger partial charge in [0, 0.05) is 6.61 Å². The molecule has 0 aromatic carbocycles. The highest BCUT2D eigenvalue weighted by Gasteiger charge is 2.10. The third-order valence-electron chi connectivity index (χ3n) is 1.52. The molecule has 0 aliphatic carbocycles. The molecule has 0 amide bonds. The average molecular weight is 227 g/mol. The van der Waals surface area contributed by atoms with Gasteiger partial charge in [0.05, 0.1) is 13.2 Å². The molecule has 0 aliphatic rings. The third kappa shape index (κ3) is 6.85. The van der Waals surface area contributed by atoms with Gasteiger partial charge in [-0.1, -0.05) is 6.92 Å². The predicted molar refractivity (Wildman–Crippen MR) is 57.4 cm³/mol. The molecule has 0 heterocycles. The number of carbonyl (C=O) groups is 1. The Morgan fingerprint density at radius 3 is 2.62 bits per heavy atom. The number of hydrogen-bond acceptors (Lipinski definition) is 5. The lowest BCUT2D eigenvalue weighted by atomic mass is 10.3. The minimum Gasteiger partial charge on any atom is -0.500 e. The second kappa shape index (κ2) is 9.99. The van der Waals surface area contributed by atoms with E-state index in [1.54, 1.807) is 13.0 Å². The second-order valence-corrected chi connectivity index (χ2v) is 2.85. The molecule has 0 bridgehead atoms. The van der Waals surface area contributed by atoms with Crippen LogP contribution in [0.25, 0.3) is 0 Å². The van der Waals surface area contributed by atoms with Gasteiger partial charge in [-0.05, 0) is 13.3 Å². The smallest absolute Gasteiger partial charge is 0.352 e. The van der Waals surface area contributed by atoms with Crippen molar-refractivity contribution in [2.45, 2.75) is 20.3 Å². The highest BCUT2D eigenvalue weighted by molar-refractivity contribution is 5.92. The first-order valence-corrected chi connectivity index (χ1v) is 5.23. The molecule has 0 rings (SSSR count). The molecule has 5 heteroatoms. The molecular formula is C11H17NO4. The Morgan fingerprint density at radius 1 is 1.31 bits per heavy atom. The van der Waals surface area contributed by atoms with Crippen LogP contribution in [0, 0.1) is 11.3 Å². The van der Waals surface area contributed by atoms with E-state index in [4.69, 9.17) is 19.5 Å². The fourth-order valence-electron chi connectivity index (χ4n) is 0.804. The van der Waals surface area contributed by atoms with Gasteiger partial charge in [0.2, 0.25) is 0 Å². The molecule has 0 saturated carbocycles. The zero-order valence-electron chi connectivity index (χ0n) is 9.69. The van der Waals surface area contributed by atoms with Crippen molar-refractivity contribution in [2.75, 3.05) is 26.4 Å². The summed E-state index contributed by atoms with van der Waals surface area (Å²) < 4.78 is 14.8. The fraction of sp³-hybridized carbons (Fsp3) is 0.636. The molecule has 90 valence electrons. The van der Waals surface area contributed by atoms with E-state index < -0.39 is 5.97 Å². The van der Waals surface area contributed by atoms with Crippen molar-refractivity contribution in [1.82, 2.24) is 0 Å². The Morgan fingerprint density at radius 2 is 2.06 bits per heavy atom. The summed E-state index contributed by atoms with van der Waals surface area (Å²) in [7, 11) is 0. The number of nitriles is 1. The number of ether oxygens (including phenoxy) is 3. The summed E-state index contributed by atoms with van der Waals surface area (Å²) in [6.45, 7) is 5.27. The van der Waals surface area contributed by atoms with Gasteiger partial charge >= 0.3 is 5.97 Å². The Kier molecular flexibility index (Phi) is 9.03. The van der Waals surface area contributed by atoms with E-state index >= 15 is 0 Å². The van der Waals surface area contributed by atoms with Crippen LogP contribution in [-0.2, 0) is 19.0 Å². The molecule has 0 aromatic heterocycles. The van der Waals surface area contributed by atoms with Crippen LogP contribution in [0.1, 0.15) is 20.3 Å². The summed E-state index contributed by atoms with van der Waals surface area (Å²) in [5, 5.41) is 8.63. The molecule has 0 fully saturated rings. The molecule has 16 heavy (non-hydrogen) atoms. The van der Waals surface area contributed by atoms with Gasteiger partial charge in [0.25, 0.3) is 0 Å². The van der Waals surface area contributed by atoms with Crippen molar-refractivity contribution in [3.63, 3.8) is 0 Å². The number of nitrogens with zero attached hydrogens (tertiary/aromatic N) is 1. The number of rotatable bonds is 8. The van der Waals surface area contributed by atoms with Crippen molar-refractivity contribution in [3.05, 3.63) is 11.8 Å². The van der Waals surface area contributed by atoms with Crippen LogP contribution in [0.15, 0.2) is 11.8 Å². The lowest BCUT2D eigenvalue weighted by Crippen LogP contribution is -2.12. The molecule has 0 atom stereocenters. The Labute approximate surface area is 95.6 Å². The molecule has 0 aliphatic heterocycles. The average Bonchev–Trinajstić information content (AvgIpc) is 2.30. The fourth-order valence-corrected chi connectivity index (χ4v) is 0.804. The molecule has 0 unspecified atom stereocenters. The standard InChI is InChI=1S/C11H17NO4/c1-3-5-15-6-7-16-11(13)10(8-12)9-14-4-2/h9H,3-7H2,1-2H3. The van der Waals surface area contributed by atoms with Crippen LogP contribution in [-0.4, -0.2) is 32.4 Å². The van der Waals surface area contributed by atoms with Crippen molar-refractivity contribution in [2.24, 2.45) is 0 Å². The summed E-state index contributed by atoms with van der Waals surface area (Å²) in [5.74, 6) is -0.684. The maximum absolute atomic E-state index is 11.3. The van der Waals surface area contributed by atoms with Crippen molar-refractivity contribution >= 4 is 5.97 Å². The van der Waals surface area contributed by atoms with Crippen LogP contribution >= 0.6 is 0 Å². The molecule has 0 aromatic rings. The van der Waals surface area contributed by atoms with Gasteiger partial charge in [0.1, 0.15) is 18.9 Å². The molecular weight excluding hydrogens is 210 g/mol. The van der Waals surface area contributed by atoms with Gasteiger partial charge < -0.3 is 14.2 Å². The summed E-state index contributed by atoms with van der Waals surface area (Å²) in [5.41, 5.74) is -0.141. The van der Waals surface area contributed by atoms with Gasteiger partial charge in [-0.15, -0.1) is 0 Å². The van der Waals surface area contributed by atoms with E-state index in [1.807, 2.05) is 6.92 Å². The molecule has 5 nitrogen and oxygen atoms in total. The molecule has 0 radical (unpaired) electrons. The normalized spacial score (nSPS) is 10.7. The number of esters is 1. The van der Waals surface area contributed by atoms with Gasteiger partial charge in [-0.25, -0.2) is 4.79 Å². The van der Waals surface area contributed by atoms with E-state index in [0.29, 0.717) is 19.8 Å². The molecule has 0 spiro atoms. The first kappa shape index (κ1) is 14.5. The summed E-state index contributed by atoms with van der Waals surface area (Å²) in [6, 6.07) is 1.71. The second-order valence-electron chi connectivity index (χ2n) is 2.85. The molecule has 0 N–H and O–H groups in total. The van der Waals surface area contributed by atoms with E-state index in [-0.39, 0.29) is 12.2 Å². The Balaban J connectivity index is 3.81. The number of carbonyl (C=O) groups excluding carboxylic acids is 1. The Hall–Kier alpha value is -1.54. The predicted octanol–water partition coefficient (Wildman–Crippen LogP) is 1.40. The minimum atomic E-state index is -0.684. The van der Waals surface area contributed by atoms with Crippen LogP contribution in [0.3, 0.4) is 0 Å². The van der Waals surface area contributed by atoms with Crippen LogP contribution < -0.4 is 0 Å². The van der Waals surface area contributed by atoms with Crippen molar-refractivity contribution in [3.8, 4) is 6.07 Å². The minimum absolute atomic E-state index is 0.141. The number of hydrogen-bond donors (Lipinski definition) is 0. The molecule has 0 saturated heterocycles. The SMILES string of the molecule is CCCOCCOC(=O)C(C#N)=COCC. The van der Waals surface area contributed by atoms with E-state index in [0.717, 1.165) is 12.7 Å². The first-order chi connectivity index (χ1) is 7.76. The summed E-state index contributed by atoms with van der Waals surface area (Å²) in [6.07, 6.45) is 2.02. The monoisotopic (exact) mass is 227 g/mol. The van der Waals surface area contributed by atoms with E-state index in [9.17, 15) is 4.79 Å².